The topological polar surface area (TPSA) is 52.7 Å². The summed E-state index contributed by atoms with van der Waals surface area (Å²) in [6.07, 6.45) is 10.5. The minimum atomic E-state index is 0.239. The summed E-state index contributed by atoms with van der Waals surface area (Å²) in [7, 11) is 0. The molecule has 0 radical (unpaired) electrons. The van der Waals surface area contributed by atoms with Gasteiger partial charge in [-0.1, -0.05) is 32.1 Å². The Morgan fingerprint density at radius 2 is 1.42 bits per heavy atom. The van der Waals surface area contributed by atoms with E-state index in [1.54, 1.807) is 0 Å². The first-order valence-corrected chi connectivity index (χ1v) is 10.0. The maximum absolute atomic E-state index is 12.7. The second kappa shape index (κ2) is 8.84. The Labute approximate surface area is 146 Å². The van der Waals surface area contributed by atoms with Crippen LogP contribution in [0.1, 0.15) is 57.8 Å². The number of hydrogen-bond acceptors (Lipinski definition) is 3. The summed E-state index contributed by atoms with van der Waals surface area (Å²) in [5, 5.41) is 3.06. The molecule has 0 spiro atoms. The van der Waals surface area contributed by atoms with E-state index in [9.17, 15) is 9.59 Å². The van der Waals surface area contributed by atoms with Crippen LogP contribution in [0.2, 0.25) is 0 Å². The molecule has 5 nitrogen and oxygen atoms in total. The number of rotatable bonds is 5. The molecule has 5 heteroatoms. The molecule has 0 unspecified atom stereocenters. The van der Waals surface area contributed by atoms with Crippen LogP contribution in [-0.4, -0.2) is 60.9 Å². The van der Waals surface area contributed by atoms with E-state index in [2.05, 4.69) is 15.1 Å². The third-order valence-electron chi connectivity index (χ3n) is 6.09. The van der Waals surface area contributed by atoms with Gasteiger partial charge in [0.25, 0.3) is 0 Å². The van der Waals surface area contributed by atoms with Crippen LogP contribution in [0, 0.1) is 11.8 Å². The first-order valence-electron chi connectivity index (χ1n) is 10.0. The predicted molar refractivity (Wildman–Crippen MR) is 94.6 cm³/mol. The van der Waals surface area contributed by atoms with Gasteiger partial charge in [0.15, 0.2) is 0 Å². The molecule has 1 aliphatic heterocycles. The minimum absolute atomic E-state index is 0.239. The largest absolute Gasteiger partial charge is 0.355 e. The van der Waals surface area contributed by atoms with E-state index < -0.39 is 0 Å². The zero-order valence-corrected chi connectivity index (χ0v) is 15.0. The summed E-state index contributed by atoms with van der Waals surface area (Å²) < 4.78 is 0. The number of amides is 2. The zero-order chi connectivity index (χ0) is 16.8. The molecule has 2 aliphatic carbocycles. The van der Waals surface area contributed by atoms with Gasteiger partial charge < -0.3 is 10.2 Å². The number of piperazine rings is 1. The van der Waals surface area contributed by atoms with Crippen molar-refractivity contribution < 1.29 is 9.59 Å². The predicted octanol–water partition coefficient (Wildman–Crippen LogP) is 2.02. The van der Waals surface area contributed by atoms with E-state index >= 15 is 0 Å². The van der Waals surface area contributed by atoms with Crippen molar-refractivity contribution in [2.75, 3.05) is 39.3 Å². The van der Waals surface area contributed by atoms with Gasteiger partial charge in [0.2, 0.25) is 11.8 Å². The smallest absolute Gasteiger partial charge is 0.225 e. The number of nitrogens with one attached hydrogen (secondary N) is 1. The molecule has 1 saturated heterocycles. The van der Waals surface area contributed by atoms with Crippen molar-refractivity contribution in [2.24, 2.45) is 11.8 Å². The molecule has 1 N–H and O–H groups in total. The first kappa shape index (κ1) is 17.7. The molecule has 3 rings (SSSR count). The van der Waals surface area contributed by atoms with Crippen LogP contribution in [0.4, 0.5) is 0 Å². The second-order valence-corrected chi connectivity index (χ2v) is 7.77. The van der Waals surface area contributed by atoms with Crippen molar-refractivity contribution in [1.29, 1.82) is 0 Å². The van der Waals surface area contributed by atoms with E-state index in [1.807, 2.05) is 0 Å². The lowest BCUT2D eigenvalue weighted by Crippen LogP contribution is -2.51. The highest BCUT2D eigenvalue weighted by Crippen LogP contribution is 2.26. The summed E-state index contributed by atoms with van der Waals surface area (Å²) in [4.78, 5) is 29.0. The molecular weight excluding hydrogens is 302 g/mol. The average Bonchev–Trinajstić information content (AvgIpc) is 2.82. The van der Waals surface area contributed by atoms with Crippen LogP contribution in [0.15, 0.2) is 0 Å². The average molecular weight is 335 g/mol. The van der Waals surface area contributed by atoms with Gasteiger partial charge in [-0.15, -0.1) is 0 Å². The molecule has 0 atom stereocenters. The third-order valence-corrected chi connectivity index (χ3v) is 6.09. The van der Waals surface area contributed by atoms with Gasteiger partial charge in [0, 0.05) is 51.1 Å². The molecule has 3 fully saturated rings. The van der Waals surface area contributed by atoms with Crippen molar-refractivity contribution in [3.63, 3.8) is 0 Å². The summed E-state index contributed by atoms with van der Waals surface area (Å²) in [5.41, 5.74) is 0. The van der Waals surface area contributed by atoms with Crippen molar-refractivity contribution in [1.82, 2.24) is 15.1 Å². The SMILES string of the molecule is O=C(NCCN1CCN(C(=O)C2CCCCCC2)CC1)C1CCC1. The van der Waals surface area contributed by atoms with E-state index in [0.717, 1.165) is 65.0 Å². The fraction of sp³-hybridized carbons (Fsp3) is 0.895. The van der Waals surface area contributed by atoms with Gasteiger partial charge in [0.05, 0.1) is 0 Å². The van der Waals surface area contributed by atoms with Crippen LogP contribution in [0.5, 0.6) is 0 Å². The Morgan fingerprint density at radius 1 is 0.792 bits per heavy atom. The second-order valence-electron chi connectivity index (χ2n) is 7.77. The Balaban J connectivity index is 1.32. The van der Waals surface area contributed by atoms with Crippen LogP contribution in [0.25, 0.3) is 0 Å². The molecule has 2 amide bonds. The van der Waals surface area contributed by atoms with E-state index in [4.69, 9.17) is 0 Å². The maximum Gasteiger partial charge on any atom is 0.225 e. The number of carbonyl (C=O) groups excluding carboxylic acids is 2. The molecule has 0 aromatic carbocycles. The molecule has 0 aromatic heterocycles. The maximum atomic E-state index is 12.7. The van der Waals surface area contributed by atoms with Gasteiger partial charge in [-0.2, -0.15) is 0 Å². The summed E-state index contributed by atoms with van der Waals surface area (Å²) >= 11 is 0. The number of hydrogen-bond donors (Lipinski definition) is 1. The van der Waals surface area contributed by atoms with Crippen LogP contribution in [0.3, 0.4) is 0 Å². The van der Waals surface area contributed by atoms with Crippen molar-refractivity contribution in [3.05, 3.63) is 0 Å². The molecule has 1 heterocycles. The summed E-state index contributed by atoms with van der Waals surface area (Å²) in [6, 6.07) is 0. The normalized spacial score (nSPS) is 24.2. The van der Waals surface area contributed by atoms with Gasteiger partial charge in [0.1, 0.15) is 0 Å². The quantitative estimate of drug-likeness (QED) is 0.782. The molecule has 0 bridgehead atoms. The summed E-state index contributed by atoms with van der Waals surface area (Å²) in [5.74, 6) is 1.19. The highest BCUT2D eigenvalue weighted by atomic mass is 16.2. The molecular formula is C19H33N3O2. The fourth-order valence-electron chi connectivity index (χ4n) is 4.13. The molecule has 136 valence electrons. The standard InChI is InChI=1S/C19H33N3O2/c23-18(16-8-5-9-16)20-10-11-21-12-14-22(15-13-21)19(24)17-6-3-1-2-4-7-17/h16-17H,1-15H2,(H,20,23). The lowest BCUT2D eigenvalue weighted by atomic mass is 9.85. The van der Waals surface area contributed by atoms with Gasteiger partial charge in [-0.3, -0.25) is 14.5 Å². The highest BCUT2D eigenvalue weighted by molar-refractivity contribution is 5.79. The molecule has 0 aromatic rings. The highest BCUT2D eigenvalue weighted by Gasteiger charge is 2.28. The summed E-state index contributed by atoms with van der Waals surface area (Å²) in [6.45, 7) is 5.24. The Morgan fingerprint density at radius 3 is 2.00 bits per heavy atom. The molecule has 2 saturated carbocycles. The first-order chi connectivity index (χ1) is 11.7. The van der Waals surface area contributed by atoms with E-state index in [0.29, 0.717) is 5.91 Å². The van der Waals surface area contributed by atoms with E-state index in [-0.39, 0.29) is 17.7 Å². The van der Waals surface area contributed by atoms with Crippen molar-refractivity contribution >= 4 is 11.8 Å². The Kier molecular flexibility index (Phi) is 6.52. The van der Waals surface area contributed by atoms with Crippen LogP contribution >= 0.6 is 0 Å². The van der Waals surface area contributed by atoms with Gasteiger partial charge >= 0.3 is 0 Å². The van der Waals surface area contributed by atoms with Crippen LogP contribution < -0.4 is 5.32 Å². The van der Waals surface area contributed by atoms with Crippen LogP contribution in [-0.2, 0) is 9.59 Å². The number of carbonyl (C=O) groups is 2. The zero-order valence-electron chi connectivity index (χ0n) is 15.0. The third kappa shape index (κ3) is 4.71. The van der Waals surface area contributed by atoms with Gasteiger partial charge in [-0.05, 0) is 25.7 Å². The van der Waals surface area contributed by atoms with E-state index in [1.165, 1.54) is 32.1 Å². The molecule has 24 heavy (non-hydrogen) atoms. The lowest BCUT2D eigenvalue weighted by molar-refractivity contribution is -0.137. The molecule has 3 aliphatic rings. The Bertz CT molecular complexity index is 420. The monoisotopic (exact) mass is 335 g/mol. The Hall–Kier alpha value is -1.10. The number of nitrogens with zero attached hydrogens (tertiary/aromatic N) is 2. The minimum Gasteiger partial charge on any atom is -0.355 e. The van der Waals surface area contributed by atoms with Crippen molar-refractivity contribution in [2.45, 2.75) is 57.8 Å². The van der Waals surface area contributed by atoms with Crippen molar-refractivity contribution in [3.8, 4) is 0 Å². The van der Waals surface area contributed by atoms with Gasteiger partial charge in [-0.25, -0.2) is 0 Å². The fourth-order valence-corrected chi connectivity index (χ4v) is 4.13. The lowest BCUT2D eigenvalue weighted by Gasteiger charge is -2.36.